The summed E-state index contributed by atoms with van der Waals surface area (Å²) in [4.78, 5) is 5.73. The van der Waals surface area contributed by atoms with Gasteiger partial charge in [-0.2, -0.15) is 17.5 Å². The highest BCUT2D eigenvalue weighted by molar-refractivity contribution is 7.09. The fraction of sp³-hybridized carbons (Fsp3) is 0.818. The van der Waals surface area contributed by atoms with E-state index in [-0.39, 0.29) is 5.92 Å². The molecule has 0 radical (unpaired) electrons. The summed E-state index contributed by atoms with van der Waals surface area (Å²) >= 11 is 1.30. The number of likely N-dealkylation sites (tertiary alicyclic amines) is 1. The number of nitrogens with zero attached hydrogens (tertiary/aromatic N) is 3. The predicted molar refractivity (Wildman–Crippen MR) is 68.4 cm³/mol. The van der Waals surface area contributed by atoms with Crippen molar-refractivity contribution in [1.29, 1.82) is 0 Å². The van der Waals surface area contributed by atoms with E-state index in [9.17, 15) is 13.2 Å². The molecule has 1 fully saturated rings. The third kappa shape index (κ3) is 4.61. The summed E-state index contributed by atoms with van der Waals surface area (Å²) in [6.45, 7) is 2.85. The normalized spacial score (nSPS) is 20.9. The largest absolute Gasteiger partial charge is 0.401 e. The second-order valence-corrected chi connectivity index (χ2v) is 5.51. The first-order chi connectivity index (χ1) is 8.96. The van der Waals surface area contributed by atoms with Gasteiger partial charge in [0.1, 0.15) is 5.82 Å². The van der Waals surface area contributed by atoms with E-state index < -0.39 is 12.7 Å². The summed E-state index contributed by atoms with van der Waals surface area (Å²) in [6.07, 6.45) is -2.51. The molecule has 0 bridgehead atoms. The van der Waals surface area contributed by atoms with Crippen molar-refractivity contribution in [1.82, 2.24) is 14.3 Å². The molecule has 0 spiro atoms. The number of nitrogens with one attached hydrogen (secondary N) is 1. The third-order valence-corrected chi connectivity index (χ3v) is 3.81. The lowest BCUT2D eigenvalue weighted by atomic mass is 10.1. The lowest BCUT2D eigenvalue weighted by Crippen LogP contribution is -2.33. The molecule has 19 heavy (non-hydrogen) atoms. The molecule has 0 aliphatic carbocycles. The summed E-state index contributed by atoms with van der Waals surface area (Å²) in [5.41, 5.74) is 0. The van der Waals surface area contributed by atoms with Gasteiger partial charge in [-0.25, -0.2) is 4.98 Å². The highest BCUT2D eigenvalue weighted by Gasteiger charge is 2.34. The van der Waals surface area contributed by atoms with Crippen molar-refractivity contribution >= 4 is 16.7 Å². The highest BCUT2D eigenvalue weighted by atomic mass is 32.1. The average Bonchev–Trinajstić information content (AvgIpc) is 2.93. The van der Waals surface area contributed by atoms with Crippen LogP contribution in [0.25, 0.3) is 0 Å². The molecule has 2 rings (SSSR count). The third-order valence-electron chi connectivity index (χ3n) is 3.10. The molecule has 1 saturated heterocycles. The zero-order valence-corrected chi connectivity index (χ0v) is 11.5. The van der Waals surface area contributed by atoms with Crippen LogP contribution < -0.4 is 5.32 Å². The molecule has 8 heteroatoms. The van der Waals surface area contributed by atoms with Gasteiger partial charge in [0.15, 0.2) is 0 Å². The molecule has 1 N–H and O–H groups in total. The van der Waals surface area contributed by atoms with Gasteiger partial charge < -0.3 is 5.32 Å². The van der Waals surface area contributed by atoms with Gasteiger partial charge in [-0.05, 0) is 18.9 Å². The van der Waals surface area contributed by atoms with E-state index >= 15 is 0 Å². The Morgan fingerprint density at radius 2 is 2.26 bits per heavy atom. The van der Waals surface area contributed by atoms with Crippen molar-refractivity contribution in [2.45, 2.75) is 25.9 Å². The predicted octanol–water partition coefficient (Wildman–Crippen LogP) is 2.40. The van der Waals surface area contributed by atoms with Crippen LogP contribution in [0.2, 0.25) is 0 Å². The summed E-state index contributed by atoms with van der Waals surface area (Å²) in [7, 11) is 0. The molecule has 1 aliphatic heterocycles. The van der Waals surface area contributed by atoms with Crippen LogP contribution in [0.15, 0.2) is 0 Å². The standard InChI is InChI=1S/C11H17F3N4S/c1-2-9-16-10(19-17-9)15-5-8-3-4-18(6-8)7-11(12,13)14/h8H,2-7H2,1H3,(H,15,16,17). The number of alkyl halides is 3. The second kappa shape index (κ2) is 6.04. The van der Waals surface area contributed by atoms with E-state index in [1.165, 1.54) is 16.4 Å². The van der Waals surface area contributed by atoms with Crippen molar-refractivity contribution < 1.29 is 13.2 Å². The Hall–Kier alpha value is -0.890. The first-order valence-corrected chi connectivity index (χ1v) is 7.09. The summed E-state index contributed by atoms with van der Waals surface area (Å²) in [6, 6.07) is 0. The minimum absolute atomic E-state index is 0.247. The Bertz CT molecular complexity index is 407. The zero-order valence-electron chi connectivity index (χ0n) is 10.7. The van der Waals surface area contributed by atoms with E-state index in [0.29, 0.717) is 19.6 Å². The molecule has 0 amide bonds. The van der Waals surface area contributed by atoms with Crippen molar-refractivity contribution in [3.05, 3.63) is 5.82 Å². The summed E-state index contributed by atoms with van der Waals surface area (Å²) < 4.78 is 40.9. The summed E-state index contributed by atoms with van der Waals surface area (Å²) in [5, 5.41) is 3.92. The van der Waals surface area contributed by atoms with Crippen molar-refractivity contribution in [3.63, 3.8) is 0 Å². The molecular weight excluding hydrogens is 277 g/mol. The van der Waals surface area contributed by atoms with Crippen LogP contribution in [0, 0.1) is 5.92 Å². The number of hydrogen-bond acceptors (Lipinski definition) is 5. The zero-order chi connectivity index (χ0) is 13.9. The Morgan fingerprint density at radius 1 is 1.47 bits per heavy atom. The van der Waals surface area contributed by atoms with E-state index in [2.05, 4.69) is 14.7 Å². The topological polar surface area (TPSA) is 41.1 Å². The lowest BCUT2D eigenvalue weighted by molar-refractivity contribution is -0.143. The van der Waals surface area contributed by atoms with Crippen LogP contribution in [-0.2, 0) is 6.42 Å². The van der Waals surface area contributed by atoms with Gasteiger partial charge in [0.25, 0.3) is 0 Å². The van der Waals surface area contributed by atoms with Crippen LogP contribution in [0.3, 0.4) is 0 Å². The molecule has 1 aromatic heterocycles. The number of halogens is 3. The lowest BCUT2D eigenvalue weighted by Gasteiger charge is -2.17. The molecule has 1 unspecified atom stereocenters. The molecule has 1 atom stereocenters. The van der Waals surface area contributed by atoms with Gasteiger partial charge >= 0.3 is 6.18 Å². The minimum Gasteiger partial charge on any atom is -0.360 e. The number of anilines is 1. The molecule has 0 saturated carbocycles. The molecular formula is C11H17F3N4S. The first-order valence-electron chi connectivity index (χ1n) is 6.32. The van der Waals surface area contributed by atoms with Gasteiger partial charge in [0.2, 0.25) is 5.13 Å². The Balaban J connectivity index is 1.73. The highest BCUT2D eigenvalue weighted by Crippen LogP contribution is 2.23. The van der Waals surface area contributed by atoms with Crippen LogP contribution in [0.5, 0.6) is 0 Å². The minimum atomic E-state index is -4.10. The second-order valence-electron chi connectivity index (χ2n) is 4.76. The quantitative estimate of drug-likeness (QED) is 0.905. The number of aryl methyl sites for hydroxylation is 1. The maximum absolute atomic E-state index is 12.3. The van der Waals surface area contributed by atoms with Crippen LogP contribution in [0.1, 0.15) is 19.2 Å². The van der Waals surface area contributed by atoms with Crippen LogP contribution in [-0.4, -0.2) is 46.6 Å². The van der Waals surface area contributed by atoms with E-state index in [0.717, 1.165) is 23.8 Å². The Morgan fingerprint density at radius 3 is 2.89 bits per heavy atom. The van der Waals surface area contributed by atoms with Gasteiger partial charge in [0.05, 0.1) is 6.54 Å². The van der Waals surface area contributed by atoms with Crippen molar-refractivity contribution in [3.8, 4) is 0 Å². The Kier molecular flexibility index (Phi) is 4.62. The van der Waals surface area contributed by atoms with Gasteiger partial charge in [-0.3, -0.25) is 4.90 Å². The smallest absolute Gasteiger partial charge is 0.360 e. The molecule has 2 heterocycles. The monoisotopic (exact) mass is 294 g/mol. The van der Waals surface area contributed by atoms with Crippen LogP contribution >= 0.6 is 11.5 Å². The van der Waals surface area contributed by atoms with Gasteiger partial charge in [0, 0.05) is 31.0 Å². The first kappa shape index (κ1) is 14.5. The SMILES string of the molecule is CCc1nsc(NCC2CCN(CC(F)(F)F)C2)n1. The van der Waals surface area contributed by atoms with E-state index in [1.54, 1.807) is 0 Å². The molecule has 1 aliphatic rings. The van der Waals surface area contributed by atoms with Gasteiger partial charge in [-0.1, -0.05) is 6.92 Å². The maximum Gasteiger partial charge on any atom is 0.401 e. The molecule has 0 aromatic carbocycles. The fourth-order valence-corrected chi connectivity index (χ4v) is 2.83. The van der Waals surface area contributed by atoms with Crippen molar-refractivity contribution in [2.24, 2.45) is 5.92 Å². The van der Waals surface area contributed by atoms with E-state index in [1.807, 2.05) is 6.92 Å². The number of aromatic nitrogens is 2. The van der Waals surface area contributed by atoms with Crippen LogP contribution in [0.4, 0.5) is 18.3 Å². The molecule has 1 aromatic rings. The number of rotatable bonds is 5. The Labute approximate surface area is 114 Å². The average molecular weight is 294 g/mol. The van der Waals surface area contributed by atoms with E-state index in [4.69, 9.17) is 0 Å². The molecule has 108 valence electrons. The number of hydrogen-bond donors (Lipinski definition) is 1. The maximum atomic E-state index is 12.3. The summed E-state index contributed by atoms with van der Waals surface area (Å²) in [5.74, 6) is 1.05. The fourth-order valence-electron chi connectivity index (χ4n) is 2.18. The molecule has 4 nitrogen and oxygen atoms in total. The van der Waals surface area contributed by atoms with Crippen molar-refractivity contribution in [2.75, 3.05) is 31.5 Å². The van der Waals surface area contributed by atoms with Gasteiger partial charge in [-0.15, -0.1) is 0 Å².